The van der Waals surface area contributed by atoms with E-state index in [0.29, 0.717) is 0 Å². The molecule has 0 aliphatic carbocycles. The molecule has 1 heterocycles. The summed E-state index contributed by atoms with van der Waals surface area (Å²) < 4.78 is 1.94. The molecule has 0 saturated carbocycles. The van der Waals surface area contributed by atoms with Gasteiger partial charge in [0.25, 0.3) is 0 Å². The maximum Gasteiger partial charge on any atom is 0.177 e. The largest absolute Gasteiger partial charge is 0.337 e. The summed E-state index contributed by atoms with van der Waals surface area (Å²) in [6.07, 6.45) is 2.03. The highest BCUT2D eigenvalue weighted by molar-refractivity contribution is 5.57. The normalized spacial score (nSPS) is 11.7. The first-order valence-electron chi connectivity index (χ1n) is 9.50. The quantitative estimate of drug-likeness (QED) is 0.673. The number of benzene rings is 2. The Labute approximate surface area is 161 Å². The van der Waals surface area contributed by atoms with E-state index in [-0.39, 0.29) is 0 Å². The van der Waals surface area contributed by atoms with Crippen LogP contribution in [0.2, 0.25) is 0 Å². The second kappa shape index (κ2) is 8.21. The van der Waals surface area contributed by atoms with Crippen LogP contribution in [-0.4, -0.2) is 9.78 Å². The van der Waals surface area contributed by atoms with Crippen LogP contribution in [0.3, 0.4) is 0 Å². The topological polar surface area (TPSA) is 42.2 Å². The van der Waals surface area contributed by atoms with Crippen LogP contribution >= 0.6 is 0 Å². The first-order chi connectivity index (χ1) is 13.0. The number of aromatic nitrogens is 2. The standard InChI is InChI=1S/C23H28N4/c1-6-7-21-18(4)27(5)26-23(25-20-14-10-17(3)11-15-20)22(21)24-19-12-8-16(2)9-13-19/h8-15H,6-7H2,1-5H3,(H,25,26). The predicted octanol–water partition coefficient (Wildman–Crippen LogP) is 5.27. The minimum atomic E-state index is 0.788. The van der Waals surface area contributed by atoms with Gasteiger partial charge < -0.3 is 5.32 Å². The van der Waals surface area contributed by atoms with E-state index in [2.05, 4.69) is 81.5 Å². The van der Waals surface area contributed by atoms with Gasteiger partial charge in [0.2, 0.25) is 0 Å². The molecule has 0 radical (unpaired) electrons. The Hall–Kier alpha value is -2.88. The van der Waals surface area contributed by atoms with E-state index >= 15 is 0 Å². The Balaban J connectivity index is 2.18. The molecule has 0 aliphatic heterocycles. The van der Waals surface area contributed by atoms with Crippen LogP contribution in [0.1, 0.15) is 35.7 Å². The maximum absolute atomic E-state index is 4.98. The summed E-state index contributed by atoms with van der Waals surface area (Å²) in [6.45, 7) is 8.49. The molecule has 1 N–H and O–H groups in total. The van der Waals surface area contributed by atoms with Crippen LogP contribution in [0.15, 0.2) is 53.5 Å². The molecule has 0 atom stereocenters. The summed E-state index contributed by atoms with van der Waals surface area (Å²) >= 11 is 0. The number of rotatable bonds is 5. The Morgan fingerprint density at radius 1 is 0.926 bits per heavy atom. The minimum Gasteiger partial charge on any atom is -0.337 e. The van der Waals surface area contributed by atoms with Gasteiger partial charge in [0.15, 0.2) is 5.82 Å². The van der Waals surface area contributed by atoms with Crippen molar-refractivity contribution in [3.05, 3.63) is 76.3 Å². The average Bonchev–Trinajstić information content (AvgIpc) is 2.66. The van der Waals surface area contributed by atoms with Gasteiger partial charge in [-0.3, -0.25) is 4.68 Å². The summed E-state index contributed by atoms with van der Waals surface area (Å²) in [5, 5.41) is 9.16. The molecule has 0 spiro atoms. The van der Waals surface area contributed by atoms with E-state index in [9.17, 15) is 0 Å². The van der Waals surface area contributed by atoms with Crippen molar-refractivity contribution in [2.45, 2.75) is 40.5 Å². The Bertz CT molecular complexity index is 981. The van der Waals surface area contributed by atoms with Crippen LogP contribution in [0, 0.1) is 20.8 Å². The SMILES string of the molecule is CCCc1c(C)n(C)nc(Nc2ccc(C)cc2)c1=Nc1ccc(C)cc1. The van der Waals surface area contributed by atoms with E-state index < -0.39 is 0 Å². The molecule has 140 valence electrons. The zero-order valence-electron chi connectivity index (χ0n) is 16.9. The van der Waals surface area contributed by atoms with E-state index in [1.54, 1.807) is 0 Å². The van der Waals surface area contributed by atoms with Crippen molar-refractivity contribution in [3.8, 4) is 0 Å². The highest BCUT2D eigenvalue weighted by Gasteiger charge is 2.11. The summed E-state index contributed by atoms with van der Waals surface area (Å²) in [6, 6.07) is 16.6. The summed E-state index contributed by atoms with van der Waals surface area (Å²) in [4.78, 5) is 4.98. The molecule has 2 aromatic carbocycles. The first-order valence-corrected chi connectivity index (χ1v) is 9.50. The lowest BCUT2D eigenvalue weighted by Crippen LogP contribution is -2.23. The number of nitrogens with zero attached hydrogens (tertiary/aromatic N) is 3. The fourth-order valence-electron chi connectivity index (χ4n) is 3.06. The average molecular weight is 361 g/mol. The van der Waals surface area contributed by atoms with Crippen LogP contribution in [-0.2, 0) is 13.5 Å². The smallest absolute Gasteiger partial charge is 0.177 e. The van der Waals surface area contributed by atoms with Gasteiger partial charge in [-0.1, -0.05) is 48.7 Å². The van der Waals surface area contributed by atoms with Crippen LogP contribution in [0.5, 0.6) is 0 Å². The predicted molar refractivity (Wildman–Crippen MR) is 113 cm³/mol. The zero-order chi connectivity index (χ0) is 19.4. The van der Waals surface area contributed by atoms with Gasteiger partial charge in [-0.25, -0.2) is 4.99 Å². The summed E-state index contributed by atoms with van der Waals surface area (Å²) in [5.41, 5.74) is 6.82. The van der Waals surface area contributed by atoms with E-state index in [4.69, 9.17) is 10.1 Å². The number of hydrogen-bond acceptors (Lipinski definition) is 3. The molecule has 1 aromatic heterocycles. The Morgan fingerprint density at radius 2 is 1.52 bits per heavy atom. The second-order valence-corrected chi connectivity index (χ2v) is 7.07. The van der Waals surface area contributed by atoms with Gasteiger partial charge in [-0.2, -0.15) is 5.10 Å². The molecule has 4 heteroatoms. The van der Waals surface area contributed by atoms with Gasteiger partial charge in [0.1, 0.15) is 5.36 Å². The number of nitrogens with one attached hydrogen (secondary N) is 1. The molecule has 3 rings (SSSR count). The van der Waals surface area contributed by atoms with Gasteiger partial charge in [-0.05, 0) is 51.5 Å². The number of aryl methyl sites for hydroxylation is 3. The molecule has 27 heavy (non-hydrogen) atoms. The highest BCUT2D eigenvalue weighted by Crippen LogP contribution is 2.17. The first kappa shape index (κ1) is 18.9. The molecular formula is C23H28N4. The van der Waals surface area contributed by atoms with Crippen molar-refractivity contribution in [1.82, 2.24) is 9.78 Å². The fourth-order valence-corrected chi connectivity index (χ4v) is 3.06. The van der Waals surface area contributed by atoms with Gasteiger partial charge in [0, 0.05) is 24.0 Å². The van der Waals surface area contributed by atoms with Gasteiger partial charge in [0.05, 0.1) is 5.69 Å². The molecule has 0 unspecified atom stereocenters. The van der Waals surface area contributed by atoms with Crippen molar-refractivity contribution < 1.29 is 0 Å². The molecule has 4 nitrogen and oxygen atoms in total. The van der Waals surface area contributed by atoms with E-state index in [0.717, 1.165) is 41.1 Å². The number of anilines is 2. The second-order valence-electron chi connectivity index (χ2n) is 7.07. The van der Waals surface area contributed by atoms with Crippen molar-refractivity contribution in [1.29, 1.82) is 0 Å². The molecule has 0 fully saturated rings. The molecule has 0 bridgehead atoms. The fraction of sp³-hybridized carbons (Fsp3) is 0.304. The van der Waals surface area contributed by atoms with E-state index in [1.165, 1.54) is 16.7 Å². The third-order valence-electron chi connectivity index (χ3n) is 4.77. The maximum atomic E-state index is 4.98. The van der Waals surface area contributed by atoms with Gasteiger partial charge in [-0.15, -0.1) is 0 Å². The molecule has 3 aromatic rings. The monoisotopic (exact) mass is 360 g/mol. The zero-order valence-corrected chi connectivity index (χ0v) is 16.9. The third kappa shape index (κ3) is 4.45. The van der Waals surface area contributed by atoms with Crippen LogP contribution < -0.4 is 10.7 Å². The van der Waals surface area contributed by atoms with E-state index in [1.807, 2.05) is 11.7 Å². The molecule has 0 aliphatic rings. The van der Waals surface area contributed by atoms with Crippen molar-refractivity contribution in [3.63, 3.8) is 0 Å². The minimum absolute atomic E-state index is 0.788. The lowest BCUT2D eigenvalue weighted by Gasteiger charge is -2.15. The van der Waals surface area contributed by atoms with Crippen molar-refractivity contribution in [2.24, 2.45) is 12.0 Å². The number of hydrogen-bond donors (Lipinski definition) is 1. The molecule has 0 saturated heterocycles. The lowest BCUT2D eigenvalue weighted by atomic mass is 10.1. The lowest BCUT2D eigenvalue weighted by molar-refractivity contribution is 0.687. The Morgan fingerprint density at radius 3 is 2.11 bits per heavy atom. The summed E-state index contributed by atoms with van der Waals surface area (Å²) in [5.74, 6) is 0.788. The van der Waals surface area contributed by atoms with Crippen LogP contribution in [0.4, 0.5) is 17.2 Å². The van der Waals surface area contributed by atoms with Crippen molar-refractivity contribution >= 4 is 17.2 Å². The third-order valence-corrected chi connectivity index (χ3v) is 4.77. The molecule has 0 amide bonds. The summed E-state index contributed by atoms with van der Waals surface area (Å²) in [7, 11) is 1.99. The van der Waals surface area contributed by atoms with Crippen LogP contribution in [0.25, 0.3) is 0 Å². The Kier molecular flexibility index (Phi) is 5.75. The van der Waals surface area contributed by atoms with Crippen molar-refractivity contribution in [2.75, 3.05) is 5.32 Å². The molecular weight excluding hydrogens is 332 g/mol. The highest BCUT2D eigenvalue weighted by atomic mass is 15.3. The van der Waals surface area contributed by atoms with Gasteiger partial charge >= 0.3 is 0 Å².